The molecule has 0 amide bonds. The molecule has 1 fully saturated rings. The molecule has 0 radical (unpaired) electrons. The highest BCUT2D eigenvalue weighted by Gasteiger charge is 2.18. The molecule has 0 heterocycles. The van der Waals surface area contributed by atoms with Gasteiger partial charge >= 0.3 is 0 Å². The van der Waals surface area contributed by atoms with Crippen molar-refractivity contribution in [2.24, 2.45) is 0 Å². The minimum absolute atomic E-state index is 0.588. The average molecular weight is 259 g/mol. The molecule has 1 saturated carbocycles. The van der Waals surface area contributed by atoms with E-state index < -0.39 is 0 Å². The van der Waals surface area contributed by atoms with Crippen LogP contribution in [0.1, 0.15) is 82.8 Å². The first-order valence-electron chi connectivity index (χ1n) is 7.99. The number of rotatable bonds is 4. The van der Waals surface area contributed by atoms with Crippen LogP contribution in [0, 0.1) is 0 Å². The molecule has 1 aliphatic carbocycles. The molecule has 0 bridgehead atoms. The molecule has 1 aromatic rings. The fraction of sp³-hybridized carbons (Fsp3) is 0.667. The van der Waals surface area contributed by atoms with Crippen LogP contribution in [0.4, 0.5) is 5.69 Å². The SMILES string of the molecule is CC(C)c1cccc(C(C)C)c1NC1CCCCC1. The summed E-state index contributed by atoms with van der Waals surface area (Å²) in [5.74, 6) is 1.18. The summed E-state index contributed by atoms with van der Waals surface area (Å²) in [4.78, 5) is 0. The molecule has 0 spiro atoms. The summed E-state index contributed by atoms with van der Waals surface area (Å²) in [6, 6.07) is 7.49. The van der Waals surface area contributed by atoms with Crippen LogP contribution in [0.15, 0.2) is 18.2 Å². The average Bonchev–Trinajstić information content (AvgIpc) is 2.39. The van der Waals surface area contributed by atoms with E-state index in [1.165, 1.54) is 48.9 Å². The van der Waals surface area contributed by atoms with E-state index in [0.717, 1.165) is 0 Å². The number of benzene rings is 1. The quantitative estimate of drug-likeness (QED) is 0.733. The zero-order valence-electron chi connectivity index (χ0n) is 13.0. The van der Waals surface area contributed by atoms with Crippen LogP contribution in [0.2, 0.25) is 0 Å². The second-order valence-corrected chi connectivity index (χ2v) is 6.60. The topological polar surface area (TPSA) is 12.0 Å². The Kier molecular flexibility index (Phi) is 4.90. The van der Waals surface area contributed by atoms with Crippen LogP contribution in [0.3, 0.4) is 0 Å². The smallest absolute Gasteiger partial charge is 0.0412 e. The van der Waals surface area contributed by atoms with E-state index in [4.69, 9.17) is 0 Å². The highest BCUT2D eigenvalue weighted by Crippen LogP contribution is 2.34. The third kappa shape index (κ3) is 3.52. The van der Waals surface area contributed by atoms with Gasteiger partial charge in [-0.1, -0.05) is 65.2 Å². The van der Waals surface area contributed by atoms with E-state index in [1.807, 2.05) is 0 Å². The minimum Gasteiger partial charge on any atom is -0.382 e. The van der Waals surface area contributed by atoms with Gasteiger partial charge in [0, 0.05) is 11.7 Å². The largest absolute Gasteiger partial charge is 0.382 e. The van der Waals surface area contributed by atoms with Crippen LogP contribution in [0.25, 0.3) is 0 Å². The first kappa shape index (κ1) is 14.4. The van der Waals surface area contributed by atoms with Crippen molar-refractivity contribution in [1.29, 1.82) is 0 Å². The molecular formula is C18H29N. The van der Waals surface area contributed by atoms with E-state index in [-0.39, 0.29) is 0 Å². The number of nitrogens with one attached hydrogen (secondary N) is 1. The van der Waals surface area contributed by atoms with Gasteiger partial charge in [0.2, 0.25) is 0 Å². The normalized spacial score (nSPS) is 17.2. The third-order valence-corrected chi connectivity index (χ3v) is 4.33. The second kappa shape index (κ2) is 6.45. The Hall–Kier alpha value is -0.980. The Bertz CT molecular complexity index is 374. The Morgan fingerprint density at radius 1 is 0.895 bits per heavy atom. The van der Waals surface area contributed by atoms with Crippen molar-refractivity contribution in [3.8, 4) is 0 Å². The maximum Gasteiger partial charge on any atom is 0.0412 e. The molecule has 2 rings (SSSR count). The van der Waals surface area contributed by atoms with Crippen LogP contribution < -0.4 is 5.32 Å². The molecule has 1 nitrogen and oxygen atoms in total. The van der Waals surface area contributed by atoms with Crippen molar-refractivity contribution in [3.05, 3.63) is 29.3 Å². The van der Waals surface area contributed by atoms with Gasteiger partial charge < -0.3 is 5.32 Å². The summed E-state index contributed by atoms with van der Waals surface area (Å²) in [5, 5.41) is 3.88. The second-order valence-electron chi connectivity index (χ2n) is 6.60. The molecule has 1 N–H and O–H groups in total. The Labute approximate surface area is 118 Å². The van der Waals surface area contributed by atoms with Crippen molar-refractivity contribution in [3.63, 3.8) is 0 Å². The molecule has 1 aromatic carbocycles. The summed E-state index contributed by atoms with van der Waals surface area (Å²) in [6.07, 6.45) is 6.87. The monoisotopic (exact) mass is 259 g/mol. The molecule has 106 valence electrons. The van der Waals surface area contributed by atoms with Gasteiger partial charge in [0.1, 0.15) is 0 Å². The molecule has 1 heteroatoms. The highest BCUT2D eigenvalue weighted by atomic mass is 14.9. The molecule has 0 unspecified atom stereocenters. The molecule has 0 atom stereocenters. The Morgan fingerprint density at radius 2 is 1.42 bits per heavy atom. The molecule has 0 saturated heterocycles. The van der Waals surface area contributed by atoms with Gasteiger partial charge in [0.05, 0.1) is 0 Å². The van der Waals surface area contributed by atoms with Gasteiger partial charge in [-0.25, -0.2) is 0 Å². The fourth-order valence-electron chi connectivity index (χ4n) is 3.17. The van der Waals surface area contributed by atoms with Gasteiger partial charge in [-0.15, -0.1) is 0 Å². The number of anilines is 1. The van der Waals surface area contributed by atoms with E-state index in [1.54, 1.807) is 0 Å². The summed E-state index contributed by atoms with van der Waals surface area (Å²) in [7, 11) is 0. The minimum atomic E-state index is 0.588. The Balaban J connectivity index is 2.28. The maximum absolute atomic E-state index is 3.88. The lowest BCUT2D eigenvalue weighted by molar-refractivity contribution is 0.462. The predicted molar refractivity (Wildman–Crippen MR) is 85.1 cm³/mol. The lowest BCUT2D eigenvalue weighted by Gasteiger charge is -2.28. The summed E-state index contributed by atoms with van der Waals surface area (Å²) >= 11 is 0. The number of para-hydroxylation sites is 1. The lowest BCUT2D eigenvalue weighted by atomic mass is 9.90. The summed E-state index contributed by atoms with van der Waals surface area (Å²) in [6.45, 7) is 9.19. The fourth-order valence-corrected chi connectivity index (χ4v) is 3.17. The van der Waals surface area contributed by atoms with E-state index in [2.05, 4.69) is 51.2 Å². The van der Waals surface area contributed by atoms with Gasteiger partial charge in [-0.3, -0.25) is 0 Å². The van der Waals surface area contributed by atoms with Crippen LogP contribution in [0.5, 0.6) is 0 Å². The highest BCUT2D eigenvalue weighted by molar-refractivity contribution is 5.60. The predicted octanol–water partition coefficient (Wildman–Crippen LogP) is 5.68. The number of hydrogen-bond acceptors (Lipinski definition) is 1. The van der Waals surface area contributed by atoms with Crippen molar-refractivity contribution in [2.45, 2.75) is 77.7 Å². The van der Waals surface area contributed by atoms with E-state index >= 15 is 0 Å². The molecular weight excluding hydrogens is 230 g/mol. The van der Waals surface area contributed by atoms with Gasteiger partial charge in [-0.05, 0) is 35.8 Å². The van der Waals surface area contributed by atoms with E-state index in [9.17, 15) is 0 Å². The maximum atomic E-state index is 3.88. The zero-order valence-corrected chi connectivity index (χ0v) is 13.0. The van der Waals surface area contributed by atoms with Crippen LogP contribution in [-0.2, 0) is 0 Å². The van der Waals surface area contributed by atoms with Crippen LogP contribution in [-0.4, -0.2) is 6.04 Å². The first-order valence-corrected chi connectivity index (χ1v) is 7.99. The molecule has 1 aliphatic rings. The van der Waals surface area contributed by atoms with Crippen LogP contribution >= 0.6 is 0 Å². The van der Waals surface area contributed by atoms with Gasteiger partial charge in [0.25, 0.3) is 0 Å². The summed E-state index contributed by atoms with van der Waals surface area (Å²) in [5.41, 5.74) is 4.40. The van der Waals surface area contributed by atoms with Gasteiger partial charge in [-0.2, -0.15) is 0 Å². The molecule has 0 aliphatic heterocycles. The lowest BCUT2D eigenvalue weighted by Crippen LogP contribution is -2.24. The standard InChI is InChI=1S/C18H29N/c1-13(2)16-11-8-12-17(14(3)4)18(16)19-15-9-6-5-7-10-15/h8,11-15,19H,5-7,9-10H2,1-4H3. The molecule has 0 aromatic heterocycles. The van der Waals surface area contributed by atoms with E-state index in [0.29, 0.717) is 17.9 Å². The summed E-state index contributed by atoms with van der Waals surface area (Å²) < 4.78 is 0. The van der Waals surface area contributed by atoms with Crippen molar-refractivity contribution in [1.82, 2.24) is 0 Å². The third-order valence-electron chi connectivity index (χ3n) is 4.33. The Morgan fingerprint density at radius 3 is 1.89 bits per heavy atom. The number of hydrogen-bond donors (Lipinski definition) is 1. The van der Waals surface area contributed by atoms with Gasteiger partial charge in [0.15, 0.2) is 0 Å². The first-order chi connectivity index (χ1) is 9.09. The molecule has 19 heavy (non-hydrogen) atoms. The zero-order chi connectivity index (χ0) is 13.8. The van der Waals surface area contributed by atoms with Crippen molar-refractivity contribution >= 4 is 5.69 Å². The van der Waals surface area contributed by atoms with Crippen molar-refractivity contribution in [2.75, 3.05) is 5.32 Å². The van der Waals surface area contributed by atoms with Crippen molar-refractivity contribution < 1.29 is 0 Å².